The molecule has 0 amide bonds. The van der Waals surface area contributed by atoms with E-state index in [0.717, 1.165) is 0 Å². The predicted molar refractivity (Wildman–Crippen MR) is 76.8 cm³/mol. The van der Waals surface area contributed by atoms with Crippen molar-refractivity contribution in [2.45, 2.75) is 6.04 Å². The summed E-state index contributed by atoms with van der Waals surface area (Å²) in [5.41, 5.74) is 6.31. The maximum atomic E-state index is 14.0. The number of methoxy groups -OCH3 is 1. The molecule has 20 heavy (non-hydrogen) atoms. The summed E-state index contributed by atoms with van der Waals surface area (Å²) in [7, 11) is 1.41. The molecule has 0 spiro atoms. The first-order valence-corrected chi connectivity index (χ1v) is 6.46. The summed E-state index contributed by atoms with van der Waals surface area (Å²) >= 11 is 5.78. The van der Waals surface area contributed by atoms with Gasteiger partial charge in [-0.1, -0.05) is 23.7 Å². The fourth-order valence-corrected chi connectivity index (χ4v) is 1.90. The minimum absolute atomic E-state index is 0.158. The highest BCUT2D eigenvalue weighted by Gasteiger charge is 2.15. The van der Waals surface area contributed by atoms with Crippen molar-refractivity contribution < 1.29 is 13.9 Å². The van der Waals surface area contributed by atoms with Gasteiger partial charge in [0.2, 0.25) is 0 Å². The van der Waals surface area contributed by atoms with Gasteiger partial charge in [-0.05, 0) is 30.3 Å². The Bertz CT molecular complexity index is 575. The van der Waals surface area contributed by atoms with Crippen LogP contribution < -0.4 is 15.2 Å². The molecular weight excluding hydrogens is 281 g/mol. The second kappa shape index (κ2) is 6.59. The lowest BCUT2D eigenvalue weighted by molar-refractivity contribution is 0.286. The molecule has 0 fully saturated rings. The van der Waals surface area contributed by atoms with Crippen molar-refractivity contribution in [2.75, 3.05) is 13.7 Å². The Hall–Kier alpha value is -1.78. The van der Waals surface area contributed by atoms with Crippen LogP contribution in [0.1, 0.15) is 11.6 Å². The number of benzene rings is 2. The highest BCUT2D eigenvalue weighted by molar-refractivity contribution is 6.30. The van der Waals surface area contributed by atoms with Crippen LogP contribution in [0.15, 0.2) is 42.5 Å². The van der Waals surface area contributed by atoms with Gasteiger partial charge < -0.3 is 15.2 Å². The minimum Gasteiger partial charge on any atom is -0.494 e. The number of ether oxygens (including phenoxy) is 2. The monoisotopic (exact) mass is 295 g/mol. The highest BCUT2D eigenvalue weighted by atomic mass is 35.5. The van der Waals surface area contributed by atoms with Crippen LogP contribution in [-0.4, -0.2) is 13.7 Å². The van der Waals surface area contributed by atoms with Gasteiger partial charge in [-0.15, -0.1) is 0 Å². The van der Waals surface area contributed by atoms with Gasteiger partial charge in [-0.2, -0.15) is 0 Å². The molecule has 0 aromatic heterocycles. The van der Waals surface area contributed by atoms with Crippen molar-refractivity contribution in [1.29, 1.82) is 0 Å². The molecule has 0 bridgehead atoms. The zero-order valence-electron chi connectivity index (χ0n) is 11.0. The first-order chi connectivity index (χ1) is 9.61. The second-order valence-corrected chi connectivity index (χ2v) is 4.67. The number of hydrogen-bond donors (Lipinski definition) is 1. The predicted octanol–water partition coefficient (Wildman–Crippen LogP) is 3.57. The van der Waals surface area contributed by atoms with Crippen molar-refractivity contribution in [3.8, 4) is 11.5 Å². The molecule has 0 aliphatic carbocycles. The molecule has 0 aliphatic rings. The van der Waals surface area contributed by atoms with Crippen LogP contribution in [-0.2, 0) is 0 Å². The largest absolute Gasteiger partial charge is 0.494 e. The highest BCUT2D eigenvalue weighted by Crippen LogP contribution is 2.24. The lowest BCUT2D eigenvalue weighted by Gasteiger charge is -2.15. The maximum absolute atomic E-state index is 14.0. The number of nitrogens with two attached hydrogens (primary N) is 1. The first kappa shape index (κ1) is 14.6. The van der Waals surface area contributed by atoms with E-state index in [-0.39, 0.29) is 12.4 Å². The Labute approximate surface area is 122 Å². The molecule has 2 aromatic rings. The molecule has 0 saturated carbocycles. The van der Waals surface area contributed by atoms with E-state index in [9.17, 15) is 4.39 Å². The van der Waals surface area contributed by atoms with Crippen molar-refractivity contribution in [1.82, 2.24) is 0 Å². The standard InChI is InChI=1S/C15H15ClFNO2/c1-19-14-4-2-3-12(15(14)17)13(18)9-20-11-7-5-10(16)6-8-11/h2-8,13H,9,18H2,1H3. The molecule has 2 rings (SSSR count). The van der Waals surface area contributed by atoms with Crippen LogP contribution in [0, 0.1) is 5.82 Å². The van der Waals surface area contributed by atoms with Crippen molar-refractivity contribution in [3.05, 3.63) is 58.9 Å². The molecule has 106 valence electrons. The molecule has 2 N–H and O–H groups in total. The van der Waals surface area contributed by atoms with Gasteiger partial charge in [-0.25, -0.2) is 4.39 Å². The molecule has 0 aliphatic heterocycles. The molecular formula is C15H15ClFNO2. The lowest BCUT2D eigenvalue weighted by atomic mass is 10.1. The van der Waals surface area contributed by atoms with E-state index in [4.69, 9.17) is 26.8 Å². The Balaban J connectivity index is 2.05. The summed E-state index contributed by atoms with van der Waals surface area (Å²) in [5.74, 6) is 0.347. The summed E-state index contributed by atoms with van der Waals surface area (Å²) in [6.45, 7) is 0.158. The average molecular weight is 296 g/mol. The van der Waals surface area contributed by atoms with E-state index in [2.05, 4.69) is 0 Å². The number of halogens is 2. The Kier molecular flexibility index (Phi) is 4.82. The van der Waals surface area contributed by atoms with Gasteiger partial charge >= 0.3 is 0 Å². The van der Waals surface area contributed by atoms with Crippen LogP contribution in [0.4, 0.5) is 4.39 Å². The molecule has 1 unspecified atom stereocenters. The fraction of sp³-hybridized carbons (Fsp3) is 0.200. The first-order valence-electron chi connectivity index (χ1n) is 6.08. The van der Waals surface area contributed by atoms with E-state index >= 15 is 0 Å². The fourth-order valence-electron chi connectivity index (χ4n) is 1.78. The van der Waals surface area contributed by atoms with Crippen LogP contribution in [0.3, 0.4) is 0 Å². The minimum atomic E-state index is -0.583. The summed E-state index contributed by atoms with van der Waals surface area (Å²) in [6, 6.07) is 11.2. The lowest BCUT2D eigenvalue weighted by Crippen LogP contribution is -2.20. The third-order valence-electron chi connectivity index (χ3n) is 2.86. The Morgan fingerprint density at radius 1 is 1.20 bits per heavy atom. The normalized spacial score (nSPS) is 12.0. The van der Waals surface area contributed by atoms with Crippen LogP contribution in [0.2, 0.25) is 5.02 Å². The van der Waals surface area contributed by atoms with Crippen molar-refractivity contribution >= 4 is 11.6 Å². The summed E-state index contributed by atoms with van der Waals surface area (Å²) in [6.07, 6.45) is 0. The Morgan fingerprint density at radius 2 is 1.90 bits per heavy atom. The van der Waals surface area contributed by atoms with Gasteiger partial charge in [0.1, 0.15) is 12.4 Å². The molecule has 0 heterocycles. The molecule has 1 atom stereocenters. The topological polar surface area (TPSA) is 44.5 Å². The van der Waals surface area contributed by atoms with Gasteiger partial charge in [-0.3, -0.25) is 0 Å². The number of hydrogen-bond acceptors (Lipinski definition) is 3. The molecule has 5 heteroatoms. The van der Waals surface area contributed by atoms with Gasteiger partial charge in [0.25, 0.3) is 0 Å². The third kappa shape index (κ3) is 3.40. The summed E-state index contributed by atoms with van der Waals surface area (Å²) in [5, 5.41) is 0.625. The van der Waals surface area contributed by atoms with Crippen LogP contribution >= 0.6 is 11.6 Å². The SMILES string of the molecule is COc1cccc(C(N)COc2ccc(Cl)cc2)c1F. The summed E-state index contributed by atoms with van der Waals surface area (Å²) < 4.78 is 24.5. The zero-order chi connectivity index (χ0) is 14.5. The molecule has 0 radical (unpaired) electrons. The van der Waals surface area contributed by atoms with E-state index in [1.165, 1.54) is 7.11 Å². The average Bonchev–Trinajstić information content (AvgIpc) is 2.46. The zero-order valence-corrected chi connectivity index (χ0v) is 11.7. The van der Waals surface area contributed by atoms with Gasteiger partial charge in [0.15, 0.2) is 11.6 Å². The summed E-state index contributed by atoms with van der Waals surface area (Å²) in [4.78, 5) is 0. The Morgan fingerprint density at radius 3 is 2.55 bits per heavy atom. The quantitative estimate of drug-likeness (QED) is 0.917. The van der Waals surface area contributed by atoms with Crippen LogP contribution in [0.5, 0.6) is 11.5 Å². The van der Waals surface area contributed by atoms with E-state index in [0.29, 0.717) is 16.3 Å². The maximum Gasteiger partial charge on any atom is 0.169 e. The smallest absolute Gasteiger partial charge is 0.169 e. The number of rotatable bonds is 5. The molecule has 3 nitrogen and oxygen atoms in total. The second-order valence-electron chi connectivity index (χ2n) is 4.23. The van der Waals surface area contributed by atoms with E-state index < -0.39 is 11.9 Å². The van der Waals surface area contributed by atoms with E-state index in [1.54, 1.807) is 42.5 Å². The third-order valence-corrected chi connectivity index (χ3v) is 3.11. The van der Waals surface area contributed by atoms with Gasteiger partial charge in [0.05, 0.1) is 13.2 Å². The van der Waals surface area contributed by atoms with Crippen molar-refractivity contribution in [2.24, 2.45) is 5.73 Å². The van der Waals surface area contributed by atoms with Crippen molar-refractivity contribution in [3.63, 3.8) is 0 Å². The molecule has 2 aromatic carbocycles. The van der Waals surface area contributed by atoms with Gasteiger partial charge in [0, 0.05) is 10.6 Å². The molecule has 0 saturated heterocycles. The van der Waals surface area contributed by atoms with Crippen LogP contribution in [0.25, 0.3) is 0 Å². The van der Waals surface area contributed by atoms with E-state index in [1.807, 2.05) is 0 Å².